The van der Waals surface area contributed by atoms with Gasteiger partial charge in [-0.1, -0.05) is 0 Å². The number of rotatable bonds is 3. The number of nitrogens with zero attached hydrogens (tertiary/aromatic N) is 1. The smallest absolute Gasteiger partial charge is 0.0535 e. The minimum atomic E-state index is 0.565. The van der Waals surface area contributed by atoms with Crippen molar-refractivity contribution in [3.63, 3.8) is 0 Å². The maximum atomic E-state index is 5.51. The molecule has 2 aliphatic rings. The summed E-state index contributed by atoms with van der Waals surface area (Å²) in [7, 11) is 0. The first kappa shape index (κ1) is 7.56. The van der Waals surface area contributed by atoms with E-state index in [0.29, 0.717) is 5.41 Å². The normalized spacial score (nSPS) is 41.7. The third kappa shape index (κ3) is 1.30. The highest BCUT2D eigenvalue weighted by atomic mass is 16.5. The predicted molar refractivity (Wildman–Crippen MR) is 44.6 cm³/mol. The zero-order chi connectivity index (χ0) is 7.73. The molecule has 0 atom stereocenters. The molecule has 0 aromatic carbocycles. The van der Waals surface area contributed by atoms with Crippen molar-refractivity contribution in [3.05, 3.63) is 0 Å². The van der Waals surface area contributed by atoms with Gasteiger partial charge >= 0.3 is 0 Å². The molecule has 2 bridgehead atoms. The molecule has 2 aliphatic heterocycles. The lowest BCUT2D eigenvalue weighted by atomic mass is 9.86. The molecule has 2 heteroatoms. The highest BCUT2D eigenvalue weighted by Gasteiger charge is 2.43. The molecule has 0 aromatic heterocycles. The van der Waals surface area contributed by atoms with E-state index in [0.717, 1.165) is 13.2 Å². The Morgan fingerprint density at radius 2 is 2.09 bits per heavy atom. The van der Waals surface area contributed by atoms with Crippen LogP contribution in [0.4, 0.5) is 0 Å². The van der Waals surface area contributed by atoms with Gasteiger partial charge in [0.1, 0.15) is 0 Å². The van der Waals surface area contributed by atoms with E-state index >= 15 is 0 Å². The van der Waals surface area contributed by atoms with Crippen molar-refractivity contribution in [1.82, 2.24) is 4.90 Å². The van der Waals surface area contributed by atoms with Crippen molar-refractivity contribution in [1.29, 1.82) is 0 Å². The van der Waals surface area contributed by atoms with Gasteiger partial charge < -0.3 is 9.64 Å². The minimum absolute atomic E-state index is 0.565. The van der Waals surface area contributed by atoms with Crippen molar-refractivity contribution in [2.75, 3.05) is 32.8 Å². The largest absolute Gasteiger partial charge is 0.381 e. The molecule has 0 saturated carbocycles. The van der Waals surface area contributed by atoms with Crippen molar-refractivity contribution < 1.29 is 4.74 Å². The lowest BCUT2D eigenvalue weighted by Crippen LogP contribution is -2.25. The van der Waals surface area contributed by atoms with Gasteiger partial charge in [-0.05, 0) is 32.9 Å². The number of piperidine rings is 1. The van der Waals surface area contributed by atoms with Gasteiger partial charge in [-0.15, -0.1) is 0 Å². The van der Waals surface area contributed by atoms with Crippen LogP contribution >= 0.6 is 0 Å². The number of hydrogen-bond acceptors (Lipinski definition) is 2. The van der Waals surface area contributed by atoms with E-state index in [2.05, 4.69) is 11.8 Å². The molecule has 2 nitrogen and oxygen atoms in total. The monoisotopic (exact) mass is 155 g/mol. The van der Waals surface area contributed by atoms with Crippen LogP contribution in [0.2, 0.25) is 0 Å². The molecule has 0 N–H and O–H groups in total. The molecule has 2 fully saturated rings. The molecule has 64 valence electrons. The van der Waals surface area contributed by atoms with Crippen LogP contribution in [0, 0.1) is 5.41 Å². The standard InChI is InChI=1S/C9H17NO/c1-2-11-8-9-3-5-10(7-9)6-4-9/h2-8H2,1H3. The van der Waals surface area contributed by atoms with Gasteiger partial charge in [-0.25, -0.2) is 0 Å². The average Bonchev–Trinajstić information content (AvgIpc) is 2.60. The van der Waals surface area contributed by atoms with Crippen molar-refractivity contribution in [2.24, 2.45) is 5.41 Å². The Labute approximate surface area is 68.5 Å². The zero-order valence-electron chi connectivity index (χ0n) is 7.31. The summed E-state index contributed by atoms with van der Waals surface area (Å²) in [6.45, 7) is 7.88. The highest BCUT2D eigenvalue weighted by molar-refractivity contribution is 4.96. The topological polar surface area (TPSA) is 12.5 Å². The summed E-state index contributed by atoms with van der Waals surface area (Å²) < 4.78 is 5.51. The Morgan fingerprint density at radius 3 is 2.55 bits per heavy atom. The van der Waals surface area contributed by atoms with Crippen LogP contribution in [0.5, 0.6) is 0 Å². The summed E-state index contributed by atoms with van der Waals surface area (Å²) in [4.78, 5) is 2.55. The van der Waals surface area contributed by atoms with E-state index in [1.807, 2.05) is 0 Å². The molecule has 0 amide bonds. The summed E-state index contributed by atoms with van der Waals surface area (Å²) in [5, 5.41) is 0. The summed E-state index contributed by atoms with van der Waals surface area (Å²) >= 11 is 0. The van der Waals surface area contributed by atoms with Crippen molar-refractivity contribution in [3.8, 4) is 0 Å². The fourth-order valence-electron chi connectivity index (χ4n) is 2.33. The maximum Gasteiger partial charge on any atom is 0.0535 e. The van der Waals surface area contributed by atoms with Gasteiger partial charge in [-0.2, -0.15) is 0 Å². The Balaban J connectivity index is 1.89. The van der Waals surface area contributed by atoms with E-state index in [-0.39, 0.29) is 0 Å². The van der Waals surface area contributed by atoms with Crippen molar-refractivity contribution in [2.45, 2.75) is 19.8 Å². The summed E-state index contributed by atoms with van der Waals surface area (Å²) in [5.41, 5.74) is 0.565. The van der Waals surface area contributed by atoms with Crippen LogP contribution in [0.15, 0.2) is 0 Å². The predicted octanol–water partition coefficient (Wildman–Crippen LogP) is 1.12. The second-order valence-corrected chi connectivity index (χ2v) is 3.91. The molecule has 2 heterocycles. The van der Waals surface area contributed by atoms with E-state index in [1.54, 1.807) is 0 Å². The second kappa shape index (κ2) is 2.76. The third-order valence-electron chi connectivity index (χ3n) is 3.09. The molecule has 0 aromatic rings. The molecule has 0 radical (unpaired) electrons. The van der Waals surface area contributed by atoms with Crippen LogP contribution in [-0.4, -0.2) is 37.7 Å². The molecular weight excluding hydrogens is 138 g/mol. The first-order valence-corrected chi connectivity index (χ1v) is 4.65. The van der Waals surface area contributed by atoms with Gasteiger partial charge in [-0.3, -0.25) is 0 Å². The fourth-order valence-corrected chi connectivity index (χ4v) is 2.33. The van der Waals surface area contributed by atoms with E-state index in [9.17, 15) is 0 Å². The maximum absolute atomic E-state index is 5.51. The van der Waals surface area contributed by atoms with Gasteiger partial charge in [0.25, 0.3) is 0 Å². The number of ether oxygens (including phenoxy) is 1. The third-order valence-corrected chi connectivity index (χ3v) is 3.09. The van der Waals surface area contributed by atoms with Gasteiger partial charge in [0.15, 0.2) is 0 Å². The molecule has 11 heavy (non-hydrogen) atoms. The lowest BCUT2D eigenvalue weighted by Gasteiger charge is -2.24. The first-order valence-electron chi connectivity index (χ1n) is 4.65. The van der Waals surface area contributed by atoms with E-state index in [4.69, 9.17) is 4.74 Å². The summed E-state index contributed by atoms with van der Waals surface area (Å²) in [5.74, 6) is 0. The number of fused-ring (bicyclic) bond motifs is 2. The van der Waals surface area contributed by atoms with Crippen LogP contribution in [0.3, 0.4) is 0 Å². The van der Waals surface area contributed by atoms with E-state index in [1.165, 1.54) is 32.5 Å². The Morgan fingerprint density at radius 1 is 1.36 bits per heavy atom. The molecule has 2 rings (SSSR count). The molecule has 0 spiro atoms. The molecule has 2 saturated heterocycles. The fraction of sp³-hybridized carbons (Fsp3) is 1.00. The molecular formula is C9H17NO. The van der Waals surface area contributed by atoms with Crippen LogP contribution in [0.1, 0.15) is 19.8 Å². The van der Waals surface area contributed by atoms with Gasteiger partial charge in [0.2, 0.25) is 0 Å². The van der Waals surface area contributed by atoms with Crippen LogP contribution in [-0.2, 0) is 4.74 Å². The van der Waals surface area contributed by atoms with Gasteiger partial charge in [0, 0.05) is 18.6 Å². The molecule has 0 unspecified atom stereocenters. The number of hydrogen-bond donors (Lipinski definition) is 0. The highest BCUT2D eigenvalue weighted by Crippen LogP contribution is 2.40. The SMILES string of the molecule is CCOCC12CCN(CC1)C2. The van der Waals surface area contributed by atoms with E-state index < -0.39 is 0 Å². The minimum Gasteiger partial charge on any atom is -0.381 e. The van der Waals surface area contributed by atoms with Crippen LogP contribution < -0.4 is 0 Å². The Bertz CT molecular complexity index is 138. The molecule has 0 aliphatic carbocycles. The lowest BCUT2D eigenvalue weighted by molar-refractivity contribution is 0.0648. The Hall–Kier alpha value is -0.0800. The summed E-state index contributed by atoms with van der Waals surface area (Å²) in [6, 6.07) is 0. The first-order chi connectivity index (χ1) is 5.35. The summed E-state index contributed by atoms with van der Waals surface area (Å²) in [6.07, 6.45) is 2.74. The van der Waals surface area contributed by atoms with Crippen molar-refractivity contribution >= 4 is 0 Å². The second-order valence-electron chi connectivity index (χ2n) is 3.91. The van der Waals surface area contributed by atoms with Gasteiger partial charge in [0.05, 0.1) is 6.61 Å². The Kier molecular flexibility index (Phi) is 1.90. The van der Waals surface area contributed by atoms with Crippen LogP contribution in [0.25, 0.3) is 0 Å². The average molecular weight is 155 g/mol. The zero-order valence-corrected chi connectivity index (χ0v) is 7.31. The quantitative estimate of drug-likeness (QED) is 0.605.